The third kappa shape index (κ3) is 3.11. The molecular weight excluding hydrogens is 296 g/mol. The van der Waals surface area contributed by atoms with Crippen LogP contribution in [-0.4, -0.2) is 13.4 Å². The van der Waals surface area contributed by atoms with Gasteiger partial charge in [-0.05, 0) is 36.6 Å². The standard InChI is InChI=1S/C14H15ClN2O2S/c1-3-11-6-4-5-10(2)14(11)17-20(18,19)12-7-8-16-13(15)9-12/h4-9,17H,3H2,1-2H3. The van der Waals surface area contributed by atoms with Gasteiger partial charge in [-0.25, -0.2) is 13.4 Å². The number of pyridine rings is 1. The monoisotopic (exact) mass is 310 g/mol. The summed E-state index contributed by atoms with van der Waals surface area (Å²) >= 11 is 5.74. The first kappa shape index (κ1) is 14.8. The minimum Gasteiger partial charge on any atom is -0.279 e. The van der Waals surface area contributed by atoms with Crippen LogP contribution in [0.25, 0.3) is 0 Å². The molecule has 0 unspecified atom stereocenters. The number of hydrogen-bond donors (Lipinski definition) is 1. The molecule has 1 aromatic heterocycles. The lowest BCUT2D eigenvalue weighted by Crippen LogP contribution is -2.15. The van der Waals surface area contributed by atoms with Crippen molar-refractivity contribution in [2.75, 3.05) is 4.72 Å². The van der Waals surface area contributed by atoms with Crippen LogP contribution in [0.15, 0.2) is 41.4 Å². The van der Waals surface area contributed by atoms with Gasteiger partial charge < -0.3 is 0 Å². The van der Waals surface area contributed by atoms with E-state index in [0.29, 0.717) is 5.69 Å². The van der Waals surface area contributed by atoms with E-state index in [1.807, 2.05) is 32.0 Å². The number of nitrogens with zero attached hydrogens (tertiary/aromatic N) is 1. The van der Waals surface area contributed by atoms with Crippen LogP contribution in [0.4, 0.5) is 5.69 Å². The van der Waals surface area contributed by atoms with Gasteiger partial charge in [0.05, 0.1) is 10.6 Å². The van der Waals surface area contributed by atoms with Crippen molar-refractivity contribution in [2.45, 2.75) is 25.2 Å². The van der Waals surface area contributed by atoms with Crippen molar-refractivity contribution < 1.29 is 8.42 Å². The third-order valence-corrected chi connectivity index (χ3v) is 4.54. The number of aromatic nitrogens is 1. The number of sulfonamides is 1. The minimum absolute atomic E-state index is 0.0998. The summed E-state index contributed by atoms with van der Waals surface area (Å²) in [5.74, 6) is 0. The van der Waals surface area contributed by atoms with Gasteiger partial charge >= 0.3 is 0 Å². The Kier molecular flexibility index (Phi) is 4.30. The normalized spacial score (nSPS) is 11.3. The summed E-state index contributed by atoms with van der Waals surface area (Å²) in [6.45, 7) is 3.85. The van der Waals surface area contributed by atoms with Gasteiger partial charge in [0.15, 0.2) is 0 Å². The van der Waals surface area contributed by atoms with E-state index in [1.54, 1.807) is 0 Å². The molecule has 0 radical (unpaired) electrons. The first-order valence-corrected chi connectivity index (χ1v) is 8.03. The molecule has 0 aliphatic rings. The highest BCUT2D eigenvalue weighted by Gasteiger charge is 2.17. The summed E-state index contributed by atoms with van der Waals surface area (Å²) in [6, 6.07) is 8.43. The van der Waals surface area contributed by atoms with Crippen molar-refractivity contribution in [3.8, 4) is 0 Å². The molecule has 2 aromatic rings. The maximum absolute atomic E-state index is 12.4. The van der Waals surface area contributed by atoms with Crippen LogP contribution in [0.3, 0.4) is 0 Å². The molecule has 0 aliphatic heterocycles. The first-order chi connectivity index (χ1) is 9.44. The van der Waals surface area contributed by atoms with Crippen LogP contribution in [0.2, 0.25) is 5.15 Å². The minimum atomic E-state index is -3.67. The molecule has 0 bridgehead atoms. The number of anilines is 1. The molecule has 1 heterocycles. The van der Waals surface area contributed by atoms with Gasteiger partial charge in [0.25, 0.3) is 10.0 Å². The van der Waals surface area contributed by atoms with E-state index in [-0.39, 0.29) is 10.0 Å². The molecule has 0 aliphatic carbocycles. The van der Waals surface area contributed by atoms with Crippen LogP contribution in [0, 0.1) is 6.92 Å². The van der Waals surface area contributed by atoms with Gasteiger partial charge in [-0.3, -0.25) is 4.72 Å². The molecule has 0 amide bonds. The van der Waals surface area contributed by atoms with Crippen LogP contribution in [-0.2, 0) is 16.4 Å². The molecule has 2 rings (SSSR count). The highest BCUT2D eigenvalue weighted by atomic mass is 35.5. The summed E-state index contributed by atoms with van der Waals surface area (Å²) in [7, 11) is -3.67. The van der Waals surface area contributed by atoms with Crippen molar-refractivity contribution >= 4 is 27.3 Å². The smallest absolute Gasteiger partial charge is 0.262 e. The molecule has 20 heavy (non-hydrogen) atoms. The fraction of sp³-hybridized carbons (Fsp3) is 0.214. The molecule has 1 aromatic carbocycles. The lowest BCUT2D eigenvalue weighted by Gasteiger charge is -2.14. The van der Waals surface area contributed by atoms with E-state index in [4.69, 9.17) is 11.6 Å². The van der Waals surface area contributed by atoms with E-state index < -0.39 is 10.0 Å². The van der Waals surface area contributed by atoms with Crippen molar-refractivity contribution in [3.63, 3.8) is 0 Å². The molecule has 0 saturated heterocycles. The van der Waals surface area contributed by atoms with E-state index in [2.05, 4.69) is 9.71 Å². The second-order valence-electron chi connectivity index (χ2n) is 4.38. The van der Waals surface area contributed by atoms with E-state index in [1.165, 1.54) is 18.3 Å². The number of rotatable bonds is 4. The van der Waals surface area contributed by atoms with Gasteiger partial charge in [0.2, 0.25) is 0 Å². The number of aryl methyl sites for hydroxylation is 2. The van der Waals surface area contributed by atoms with Gasteiger partial charge in [0, 0.05) is 6.20 Å². The predicted molar refractivity (Wildman–Crippen MR) is 80.6 cm³/mol. The summed E-state index contributed by atoms with van der Waals surface area (Å²) in [5, 5.41) is 0.147. The Hall–Kier alpha value is -1.59. The number of halogens is 1. The van der Waals surface area contributed by atoms with Gasteiger partial charge in [-0.2, -0.15) is 0 Å². The highest BCUT2D eigenvalue weighted by molar-refractivity contribution is 7.92. The average molecular weight is 311 g/mol. The van der Waals surface area contributed by atoms with Crippen molar-refractivity contribution in [3.05, 3.63) is 52.8 Å². The molecule has 0 saturated carbocycles. The molecule has 0 fully saturated rings. The first-order valence-electron chi connectivity index (χ1n) is 6.17. The Morgan fingerprint density at radius 3 is 2.70 bits per heavy atom. The molecule has 106 valence electrons. The van der Waals surface area contributed by atoms with E-state index >= 15 is 0 Å². The Bertz CT molecular complexity index is 730. The van der Waals surface area contributed by atoms with Crippen LogP contribution in [0.5, 0.6) is 0 Å². The Labute approximate surface area is 123 Å². The van der Waals surface area contributed by atoms with Gasteiger partial charge in [-0.15, -0.1) is 0 Å². The molecule has 0 atom stereocenters. The lowest BCUT2D eigenvalue weighted by molar-refractivity contribution is 0.601. The lowest BCUT2D eigenvalue weighted by atomic mass is 10.1. The molecule has 1 N–H and O–H groups in total. The van der Waals surface area contributed by atoms with Crippen LogP contribution >= 0.6 is 11.6 Å². The zero-order valence-corrected chi connectivity index (χ0v) is 12.8. The Morgan fingerprint density at radius 2 is 2.05 bits per heavy atom. The summed E-state index contributed by atoms with van der Waals surface area (Å²) < 4.78 is 27.4. The van der Waals surface area contributed by atoms with Gasteiger partial charge in [-0.1, -0.05) is 36.7 Å². The number of para-hydroxylation sites is 1. The Balaban J connectivity index is 2.44. The predicted octanol–water partition coefficient (Wildman–Crippen LogP) is 3.41. The fourth-order valence-electron chi connectivity index (χ4n) is 1.91. The number of nitrogens with one attached hydrogen (secondary N) is 1. The highest BCUT2D eigenvalue weighted by Crippen LogP contribution is 2.25. The average Bonchev–Trinajstić information content (AvgIpc) is 2.41. The van der Waals surface area contributed by atoms with Crippen LogP contribution in [0.1, 0.15) is 18.1 Å². The largest absolute Gasteiger partial charge is 0.279 e. The van der Waals surface area contributed by atoms with Crippen molar-refractivity contribution in [2.24, 2.45) is 0 Å². The SMILES string of the molecule is CCc1cccc(C)c1NS(=O)(=O)c1ccnc(Cl)c1. The number of benzene rings is 1. The molecule has 4 nitrogen and oxygen atoms in total. The maximum Gasteiger partial charge on any atom is 0.262 e. The molecular formula is C14H15ClN2O2S. The summed E-state index contributed by atoms with van der Waals surface area (Å²) in [6.07, 6.45) is 2.12. The second-order valence-corrected chi connectivity index (χ2v) is 6.45. The maximum atomic E-state index is 12.4. The second kappa shape index (κ2) is 5.81. The van der Waals surface area contributed by atoms with Crippen molar-refractivity contribution in [1.82, 2.24) is 4.98 Å². The third-order valence-electron chi connectivity index (χ3n) is 2.98. The summed E-state index contributed by atoms with van der Waals surface area (Å²) in [4.78, 5) is 3.88. The van der Waals surface area contributed by atoms with Crippen LogP contribution < -0.4 is 4.72 Å². The topological polar surface area (TPSA) is 59.1 Å². The number of hydrogen-bond acceptors (Lipinski definition) is 3. The molecule has 6 heteroatoms. The van der Waals surface area contributed by atoms with Crippen molar-refractivity contribution in [1.29, 1.82) is 0 Å². The Morgan fingerprint density at radius 1 is 1.30 bits per heavy atom. The zero-order valence-electron chi connectivity index (χ0n) is 11.2. The fourth-order valence-corrected chi connectivity index (χ4v) is 3.34. The quantitative estimate of drug-likeness (QED) is 0.880. The van der Waals surface area contributed by atoms with E-state index in [0.717, 1.165) is 17.5 Å². The zero-order chi connectivity index (χ0) is 14.8. The summed E-state index contributed by atoms with van der Waals surface area (Å²) in [5.41, 5.74) is 2.46. The van der Waals surface area contributed by atoms with E-state index in [9.17, 15) is 8.42 Å². The van der Waals surface area contributed by atoms with Gasteiger partial charge in [0.1, 0.15) is 5.15 Å². The molecule has 0 spiro atoms.